The van der Waals surface area contributed by atoms with Crippen molar-refractivity contribution in [1.82, 2.24) is 4.72 Å². The number of nitrogens with one attached hydrogen (secondary N) is 1. The maximum atomic E-state index is 11.9. The average molecular weight is 279 g/mol. The first-order valence-electron chi connectivity index (χ1n) is 6.21. The van der Waals surface area contributed by atoms with Crippen LogP contribution < -0.4 is 4.72 Å². The number of carbonyl (C=O) groups excluding carboxylic acids is 1. The maximum absolute atomic E-state index is 11.9. The quantitative estimate of drug-likeness (QED) is 0.751. The Bertz CT molecular complexity index is 368. The van der Waals surface area contributed by atoms with Crippen LogP contribution in [0.1, 0.15) is 48.0 Å². The molecule has 0 aliphatic carbocycles. The van der Waals surface area contributed by atoms with Crippen molar-refractivity contribution in [2.75, 3.05) is 5.75 Å². The number of esters is 1. The van der Waals surface area contributed by atoms with Gasteiger partial charge in [-0.1, -0.05) is 20.8 Å². The second-order valence-corrected chi connectivity index (χ2v) is 7.57. The molecule has 0 spiro atoms. The van der Waals surface area contributed by atoms with E-state index in [4.69, 9.17) is 4.74 Å². The molecule has 6 heteroatoms. The molecule has 0 saturated carbocycles. The fraction of sp³-hybridized carbons (Fsp3) is 0.917. The van der Waals surface area contributed by atoms with Crippen LogP contribution in [0.25, 0.3) is 0 Å². The predicted molar refractivity (Wildman–Crippen MR) is 71.7 cm³/mol. The Hall–Kier alpha value is -0.620. The van der Waals surface area contributed by atoms with E-state index in [1.807, 2.05) is 0 Å². The molecular weight excluding hydrogens is 254 g/mol. The molecule has 18 heavy (non-hydrogen) atoms. The van der Waals surface area contributed by atoms with E-state index in [-0.39, 0.29) is 11.7 Å². The smallest absolute Gasteiger partial charge is 0.324 e. The lowest BCUT2D eigenvalue weighted by molar-refractivity contribution is -0.158. The lowest BCUT2D eigenvalue weighted by Gasteiger charge is -2.26. The molecule has 1 atom stereocenters. The SMILES string of the molecule is CCCS(=O)(=O)N[C@@H](C(=O)OC(C)(C)C)C(C)C. The van der Waals surface area contributed by atoms with Gasteiger partial charge in [-0.25, -0.2) is 13.1 Å². The van der Waals surface area contributed by atoms with Crippen LogP contribution in [0.2, 0.25) is 0 Å². The zero-order valence-electron chi connectivity index (χ0n) is 12.1. The largest absolute Gasteiger partial charge is 0.459 e. The maximum Gasteiger partial charge on any atom is 0.324 e. The van der Waals surface area contributed by atoms with Gasteiger partial charge in [-0.2, -0.15) is 0 Å². The number of hydrogen-bond acceptors (Lipinski definition) is 4. The van der Waals surface area contributed by atoms with Crippen LogP contribution in [-0.2, 0) is 19.6 Å². The van der Waals surface area contributed by atoms with E-state index in [2.05, 4.69) is 4.72 Å². The summed E-state index contributed by atoms with van der Waals surface area (Å²) in [5, 5.41) is 0. The first-order chi connectivity index (χ1) is 7.98. The van der Waals surface area contributed by atoms with Gasteiger partial charge in [0.05, 0.1) is 5.75 Å². The summed E-state index contributed by atoms with van der Waals surface area (Å²) in [7, 11) is -3.43. The monoisotopic (exact) mass is 279 g/mol. The summed E-state index contributed by atoms with van der Waals surface area (Å²) in [6.07, 6.45) is 0.508. The highest BCUT2D eigenvalue weighted by Gasteiger charge is 2.30. The Morgan fingerprint density at radius 1 is 1.28 bits per heavy atom. The molecule has 0 unspecified atom stereocenters. The summed E-state index contributed by atoms with van der Waals surface area (Å²) in [6, 6.07) is -0.833. The summed E-state index contributed by atoms with van der Waals surface area (Å²) in [4.78, 5) is 11.9. The third-order valence-electron chi connectivity index (χ3n) is 2.11. The fourth-order valence-electron chi connectivity index (χ4n) is 1.34. The molecule has 108 valence electrons. The van der Waals surface area contributed by atoms with Crippen LogP contribution in [0.3, 0.4) is 0 Å². The Balaban J connectivity index is 4.84. The van der Waals surface area contributed by atoms with Gasteiger partial charge in [0.25, 0.3) is 0 Å². The van der Waals surface area contributed by atoms with E-state index >= 15 is 0 Å². The molecule has 0 aromatic rings. The zero-order valence-corrected chi connectivity index (χ0v) is 12.9. The van der Waals surface area contributed by atoms with E-state index in [1.54, 1.807) is 41.5 Å². The van der Waals surface area contributed by atoms with E-state index in [9.17, 15) is 13.2 Å². The highest BCUT2D eigenvalue weighted by Crippen LogP contribution is 2.13. The lowest BCUT2D eigenvalue weighted by Crippen LogP contribution is -2.47. The second kappa shape index (κ2) is 6.52. The number of rotatable bonds is 6. The zero-order chi connectivity index (χ0) is 14.6. The van der Waals surface area contributed by atoms with Crippen molar-refractivity contribution in [2.24, 2.45) is 5.92 Å². The van der Waals surface area contributed by atoms with Crippen molar-refractivity contribution in [3.05, 3.63) is 0 Å². The first-order valence-corrected chi connectivity index (χ1v) is 7.86. The molecule has 0 aromatic heterocycles. The van der Waals surface area contributed by atoms with Crippen molar-refractivity contribution in [3.8, 4) is 0 Å². The minimum absolute atomic E-state index is 0.0129. The molecule has 0 aliphatic rings. The van der Waals surface area contributed by atoms with Crippen molar-refractivity contribution in [2.45, 2.75) is 59.6 Å². The van der Waals surface area contributed by atoms with Gasteiger partial charge in [-0.05, 0) is 33.1 Å². The summed E-state index contributed by atoms with van der Waals surface area (Å²) < 4.78 is 31.0. The molecule has 5 nitrogen and oxygen atoms in total. The van der Waals surface area contributed by atoms with Gasteiger partial charge in [0.15, 0.2) is 0 Å². The minimum atomic E-state index is -3.43. The van der Waals surface area contributed by atoms with Crippen molar-refractivity contribution in [3.63, 3.8) is 0 Å². The Labute approximate surface area is 110 Å². The summed E-state index contributed by atoms with van der Waals surface area (Å²) in [6.45, 7) is 10.6. The van der Waals surface area contributed by atoms with Crippen molar-refractivity contribution >= 4 is 16.0 Å². The molecule has 0 fully saturated rings. The van der Waals surface area contributed by atoms with Gasteiger partial charge < -0.3 is 4.74 Å². The normalized spacial score (nSPS) is 14.6. The highest BCUT2D eigenvalue weighted by molar-refractivity contribution is 7.89. The number of hydrogen-bond donors (Lipinski definition) is 1. The molecule has 0 bridgehead atoms. The number of sulfonamides is 1. The molecule has 0 heterocycles. The van der Waals surface area contributed by atoms with Crippen LogP contribution in [0.4, 0.5) is 0 Å². The minimum Gasteiger partial charge on any atom is -0.459 e. The summed E-state index contributed by atoms with van der Waals surface area (Å²) >= 11 is 0. The van der Waals surface area contributed by atoms with Gasteiger partial charge >= 0.3 is 5.97 Å². The van der Waals surface area contributed by atoms with Gasteiger partial charge in [0.1, 0.15) is 11.6 Å². The summed E-state index contributed by atoms with van der Waals surface area (Å²) in [5.74, 6) is -0.678. The van der Waals surface area contributed by atoms with Gasteiger partial charge in [0, 0.05) is 0 Å². The fourth-order valence-corrected chi connectivity index (χ4v) is 2.75. The molecule has 0 aliphatic heterocycles. The third-order valence-corrected chi connectivity index (χ3v) is 3.67. The summed E-state index contributed by atoms with van der Waals surface area (Å²) in [5.41, 5.74) is -0.625. The average Bonchev–Trinajstić information content (AvgIpc) is 2.10. The highest BCUT2D eigenvalue weighted by atomic mass is 32.2. The van der Waals surface area contributed by atoms with Gasteiger partial charge in [-0.15, -0.1) is 0 Å². The number of carbonyl (C=O) groups is 1. The molecule has 0 aromatic carbocycles. The molecule has 1 N–H and O–H groups in total. The van der Waals surface area contributed by atoms with Crippen LogP contribution in [0.5, 0.6) is 0 Å². The third kappa shape index (κ3) is 6.96. The molecule has 0 rings (SSSR count). The van der Waals surface area contributed by atoms with Crippen molar-refractivity contribution in [1.29, 1.82) is 0 Å². The Kier molecular flexibility index (Phi) is 6.29. The van der Waals surface area contributed by atoms with E-state index in [0.717, 1.165) is 0 Å². The molecular formula is C12H25NO4S. The van der Waals surface area contributed by atoms with E-state index in [1.165, 1.54) is 0 Å². The molecule has 0 saturated heterocycles. The van der Waals surface area contributed by atoms with Crippen LogP contribution in [0, 0.1) is 5.92 Å². The van der Waals surface area contributed by atoms with Crippen molar-refractivity contribution < 1.29 is 17.9 Å². The van der Waals surface area contributed by atoms with Crippen LogP contribution in [0.15, 0.2) is 0 Å². The lowest BCUT2D eigenvalue weighted by atomic mass is 10.1. The second-order valence-electron chi connectivity index (χ2n) is 5.69. The predicted octanol–water partition coefficient (Wildman–Crippen LogP) is 1.68. The standard InChI is InChI=1S/C12H25NO4S/c1-7-8-18(15,16)13-10(9(2)3)11(14)17-12(4,5)6/h9-10,13H,7-8H2,1-6H3/t10-/m1/s1. The molecule has 0 amide bonds. The Morgan fingerprint density at radius 3 is 2.11 bits per heavy atom. The van der Waals surface area contributed by atoms with E-state index in [0.29, 0.717) is 6.42 Å². The Morgan fingerprint density at radius 2 is 1.78 bits per heavy atom. The van der Waals surface area contributed by atoms with Gasteiger partial charge in [-0.3, -0.25) is 4.79 Å². The van der Waals surface area contributed by atoms with Crippen LogP contribution in [-0.4, -0.2) is 31.8 Å². The number of ether oxygens (including phenoxy) is 1. The van der Waals surface area contributed by atoms with E-state index < -0.39 is 27.6 Å². The van der Waals surface area contributed by atoms with Crippen LogP contribution >= 0.6 is 0 Å². The first kappa shape index (κ1) is 17.4. The topological polar surface area (TPSA) is 72.5 Å². The van der Waals surface area contributed by atoms with Gasteiger partial charge in [0.2, 0.25) is 10.0 Å². The molecule has 0 radical (unpaired) electrons.